The van der Waals surface area contributed by atoms with Gasteiger partial charge in [0.05, 0.1) is 11.0 Å². The van der Waals surface area contributed by atoms with Crippen molar-refractivity contribution >= 4 is 55.7 Å². The molecule has 0 N–H and O–H groups in total. The van der Waals surface area contributed by atoms with Crippen molar-refractivity contribution in [3.05, 3.63) is 288 Å². The van der Waals surface area contributed by atoms with E-state index in [1.54, 1.807) is 0 Å². The Morgan fingerprint density at radius 3 is 1.89 bits per heavy atom. The highest BCUT2D eigenvalue weighted by molar-refractivity contribution is 6.11. The second-order valence-corrected chi connectivity index (χ2v) is 20.1. The largest absolute Gasteiger partial charge is 0.292 e. The van der Waals surface area contributed by atoms with Gasteiger partial charge in [0.2, 0.25) is 0 Å². The molecule has 1 aromatic heterocycles. The Morgan fingerprint density at radius 2 is 1.16 bits per heavy atom. The molecule has 9 aromatic carbocycles. The Hall–Kier alpha value is -8.85. The maximum absolute atomic E-state index is 5.22. The Morgan fingerprint density at radius 1 is 0.554 bits per heavy atom. The van der Waals surface area contributed by atoms with Crippen LogP contribution in [0.4, 0.5) is 0 Å². The summed E-state index contributed by atoms with van der Waals surface area (Å²) >= 11 is 0. The number of imidazole rings is 1. The maximum Gasteiger partial charge on any atom is 0.145 e. The van der Waals surface area contributed by atoms with Gasteiger partial charge in [-0.1, -0.05) is 215 Å². The number of allylic oxidation sites excluding steroid dienone is 10. The third kappa shape index (κ3) is 8.84. The van der Waals surface area contributed by atoms with E-state index < -0.39 is 0 Å². The van der Waals surface area contributed by atoms with E-state index in [4.69, 9.17) is 11.6 Å². The van der Waals surface area contributed by atoms with Gasteiger partial charge in [-0.05, 0) is 186 Å². The minimum Gasteiger partial charge on any atom is -0.292 e. The van der Waals surface area contributed by atoms with Gasteiger partial charge < -0.3 is 0 Å². The highest BCUT2D eigenvalue weighted by Crippen LogP contribution is 2.49. The molecule has 2 aliphatic carbocycles. The molecule has 2 heteroatoms. The molecular weight excluding hydrogens is 893 g/mol. The van der Waals surface area contributed by atoms with Gasteiger partial charge in [-0.3, -0.25) is 4.57 Å². The van der Waals surface area contributed by atoms with Crippen LogP contribution in [0.5, 0.6) is 0 Å². The van der Waals surface area contributed by atoms with Crippen LogP contribution in [0, 0.1) is 11.8 Å². The zero-order chi connectivity index (χ0) is 50.1. The Labute approximate surface area is 436 Å². The van der Waals surface area contributed by atoms with E-state index in [1.165, 1.54) is 83.1 Å². The number of hydrogen-bond donors (Lipinski definition) is 0. The second kappa shape index (κ2) is 20.0. The number of hydrogen-bond acceptors (Lipinski definition) is 1. The Balaban J connectivity index is 1.08. The molecule has 0 saturated carbocycles. The van der Waals surface area contributed by atoms with E-state index in [0.29, 0.717) is 5.92 Å². The van der Waals surface area contributed by atoms with Crippen LogP contribution in [0.2, 0.25) is 0 Å². The second-order valence-electron chi connectivity index (χ2n) is 20.1. The van der Waals surface area contributed by atoms with Crippen LogP contribution < -0.4 is 0 Å². The first-order chi connectivity index (χ1) is 36.4. The molecule has 356 valence electrons. The van der Waals surface area contributed by atoms with Gasteiger partial charge in [0.25, 0.3) is 0 Å². The van der Waals surface area contributed by atoms with Crippen LogP contribution >= 0.6 is 0 Å². The molecule has 0 amide bonds. The van der Waals surface area contributed by atoms with Crippen LogP contribution in [0.25, 0.3) is 95.1 Å². The minimum absolute atomic E-state index is 0.215. The van der Waals surface area contributed by atoms with Gasteiger partial charge in [-0.25, -0.2) is 4.98 Å². The number of aromatic nitrogens is 2. The first kappa shape index (κ1) is 46.2. The lowest BCUT2D eigenvalue weighted by Crippen LogP contribution is -2.13. The first-order valence-electron chi connectivity index (χ1n) is 26.1. The van der Waals surface area contributed by atoms with E-state index in [2.05, 4.69) is 274 Å². The molecule has 2 atom stereocenters. The molecule has 12 rings (SSSR count). The average Bonchev–Trinajstić information content (AvgIpc) is 3.85. The summed E-state index contributed by atoms with van der Waals surface area (Å²) in [6, 6.07) is 76.8. The molecule has 0 fully saturated rings. The third-order valence-electron chi connectivity index (χ3n) is 15.2. The summed E-state index contributed by atoms with van der Waals surface area (Å²) in [4.78, 5) is 5.22. The van der Waals surface area contributed by atoms with E-state index in [9.17, 15) is 0 Å². The van der Waals surface area contributed by atoms with Crippen molar-refractivity contribution in [3.8, 4) is 39.3 Å². The van der Waals surface area contributed by atoms with Crippen molar-refractivity contribution in [1.29, 1.82) is 0 Å². The molecule has 0 aliphatic heterocycles. The van der Waals surface area contributed by atoms with Crippen molar-refractivity contribution in [2.75, 3.05) is 0 Å². The van der Waals surface area contributed by atoms with E-state index in [-0.39, 0.29) is 5.92 Å². The lowest BCUT2D eigenvalue weighted by atomic mass is 9.73. The predicted molar refractivity (Wildman–Crippen MR) is 317 cm³/mol. The zero-order valence-corrected chi connectivity index (χ0v) is 42.3. The van der Waals surface area contributed by atoms with Crippen molar-refractivity contribution in [3.63, 3.8) is 0 Å². The van der Waals surface area contributed by atoms with Crippen molar-refractivity contribution in [2.45, 2.75) is 33.6 Å². The zero-order valence-electron chi connectivity index (χ0n) is 42.3. The number of rotatable bonds is 11. The highest BCUT2D eigenvalue weighted by Gasteiger charge is 2.29. The van der Waals surface area contributed by atoms with E-state index in [0.717, 1.165) is 57.7 Å². The van der Waals surface area contributed by atoms with Crippen LogP contribution in [0.1, 0.15) is 66.1 Å². The summed E-state index contributed by atoms with van der Waals surface area (Å²) in [6.45, 7) is 12.0. The summed E-state index contributed by atoms with van der Waals surface area (Å²) in [7, 11) is 0. The molecule has 74 heavy (non-hydrogen) atoms. The van der Waals surface area contributed by atoms with Gasteiger partial charge in [0.15, 0.2) is 0 Å². The van der Waals surface area contributed by atoms with Crippen molar-refractivity contribution in [2.24, 2.45) is 11.8 Å². The van der Waals surface area contributed by atoms with Gasteiger partial charge >= 0.3 is 0 Å². The van der Waals surface area contributed by atoms with E-state index >= 15 is 0 Å². The highest BCUT2D eigenvalue weighted by atomic mass is 15.1. The molecular formula is C72H58N2. The number of benzene rings is 9. The number of nitrogens with zero attached hydrogens (tertiary/aromatic N) is 2. The van der Waals surface area contributed by atoms with Crippen LogP contribution in [0.3, 0.4) is 0 Å². The van der Waals surface area contributed by atoms with Crippen molar-refractivity contribution < 1.29 is 0 Å². The normalized spacial score (nSPS) is 15.7. The standard InChI is InChI=1S/C72H58N2/c1-48-23-17-18-32-62(48)59-44-58(54-28-13-7-14-29-54)45-60(46-59)71-64-34-20-19-33-63(64)70(51(4)42-57(53-26-11-6-12-27-53)41-49(2)52-24-9-5-10-25-52)66-43-50(3)65(47-67(66)71)55-37-39-56(40-38-55)72-73-68-35-21-22-36-69(68)74(72)61-30-15-8-16-31-61/h5-22,24-42,44-48,50H,4,23,43H2,1-3H3/b49-41+,57-42+. The topological polar surface area (TPSA) is 17.8 Å². The van der Waals surface area contributed by atoms with E-state index in [1.807, 2.05) is 0 Å². The SMILES string of the molecule is C=C(/C=C(\C=C(/C)c1ccccc1)c1ccccc1)c1c2c(c(-c3cc(C4=CC=CCC4C)cc(-c4ccccc4)c3)c3ccccc13)C=C(c1ccc(-c3nc4ccccc4n3-c3ccccc3)cc1)C(C)C2. The maximum atomic E-state index is 5.22. The molecule has 0 radical (unpaired) electrons. The average molecular weight is 951 g/mol. The molecule has 0 bridgehead atoms. The Kier molecular flexibility index (Phi) is 12.5. The van der Waals surface area contributed by atoms with Crippen LogP contribution in [-0.2, 0) is 6.42 Å². The quantitative estimate of drug-likeness (QED) is 0.118. The molecule has 2 aliphatic rings. The summed E-state index contributed by atoms with van der Waals surface area (Å²) in [5, 5.41) is 2.43. The fourth-order valence-corrected chi connectivity index (χ4v) is 11.5. The minimum atomic E-state index is 0.215. The number of fused-ring (bicyclic) bond motifs is 3. The summed E-state index contributed by atoms with van der Waals surface area (Å²) in [5.41, 5.74) is 23.8. The molecule has 2 unspecified atom stereocenters. The number of para-hydroxylation sites is 3. The lowest BCUT2D eigenvalue weighted by molar-refractivity contribution is 0.737. The summed E-state index contributed by atoms with van der Waals surface area (Å²) in [5.74, 6) is 1.55. The summed E-state index contributed by atoms with van der Waals surface area (Å²) in [6.07, 6.45) is 15.9. The van der Waals surface area contributed by atoms with Gasteiger partial charge in [-0.15, -0.1) is 0 Å². The van der Waals surface area contributed by atoms with Gasteiger partial charge in [0, 0.05) is 11.3 Å². The van der Waals surface area contributed by atoms with Crippen molar-refractivity contribution in [1.82, 2.24) is 9.55 Å². The smallest absolute Gasteiger partial charge is 0.145 e. The molecule has 0 spiro atoms. The molecule has 0 saturated heterocycles. The van der Waals surface area contributed by atoms with Crippen LogP contribution in [0.15, 0.2) is 249 Å². The monoisotopic (exact) mass is 950 g/mol. The molecule has 2 nitrogen and oxygen atoms in total. The third-order valence-corrected chi connectivity index (χ3v) is 15.2. The fourth-order valence-electron chi connectivity index (χ4n) is 11.5. The molecule has 1 heterocycles. The van der Waals surface area contributed by atoms with Crippen LogP contribution in [-0.4, -0.2) is 9.55 Å². The van der Waals surface area contributed by atoms with Gasteiger partial charge in [0.1, 0.15) is 5.82 Å². The summed E-state index contributed by atoms with van der Waals surface area (Å²) < 4.78 is 2.28. The lowest BCUT2D eigenvalue weighted by Gasteiger charge is -2.30. The predicted octanol–water partition coefficient (Wildman–Crippen LogP) is 19.1. The molecule has 10 aromatic rings. The fraction of sp³-hybridized carbons (Fsp3) is 0.0972. The Bertz CT molecular complexity index is 3900. The first-order valence-corrected chi connectivity index (χ1v) is 26.1. The van der Waals surface area contributed by atoms with Gasteiger partial charge in [-0.2, -0.15) is 0 Å².